The molecule has 0 radical (unpaired) electrons. The predicted octanol–water partition coefficient (Wildman–Crippen LogP) is 4.56. The van der Waals surface area contributed by atoms with Crippen LogP contribution in [0.5, 0.6) is 0 Å². The Morgan fingerprint density at radius 3 is 2.24 bits per heavy atom. The second kappa shape index (κ2) is 10.8. The number of hydrogen-bond donors (Lipinski definition) is 2. The minimum absolute atomic E-state index is 0.0255. The summed E-state index contributed by atoms with van der Waals surface area (Å²) in [5.74, 6) is -0.248. The molecule has 10 heteroatoms. The van der Waals surface area contributed by atoms with Gasteiger partial charge in [0.1, 0.15) is 0 Å². The van der Waals surface area contributed by atoms with Crippen LogP contribution in [0.1, 0.15) is 15.9 Å². The Morgan fingerprint density at radius 2 is 1.59 bits per heavy atom. The van der Waals surface area contributed by atoms with Gasteiger partial charge in [-0.05, 0) is 60.2 Å². The first-order valence-corrected chi connectivity index (χ1v) is 12.8. The summed E-state index contributed by atoms with van der Waals surface area (Å²) in [4.78, 5) is 14.9. The normalized spacial score (nSPS) is 14.1. The molecule has 0 atom stereocenters. The van der Waals surface area contributed by atoms with Gasteiger partial charge in [0.2, 0.25) is 10.0 Å². The maximum atomic E-state index is 12.6. The van der Waals surface area contributed by atoms with Crippen molar-refractivity contribution in [3.05, 3.63) is 87.9 Å². The molecule has 0 bridgehead atoms. The third kappa shape index (κ3) is 6.08. The number of nitrogens with zero attached hydrogens (tertiary/aromatic N) is 1. The van der Waals surface area contributed by atoms with Crippen molar-refractivity contribution in [3.8, 4) is 0 Å². The van der Waals surface area contributed by atoms with Gasteiger partial charge in [-0.25, -0.2) is 13.1 Å². The number of morpholine rings is 1. The standard InChI is InChI=1S/C24H23Cl2N3O4S/c25-22-10-9-21(15-23(22)26)34(31,32)27-16-17-1-3-18(4-2-17)24(30)28-19-5-7-20(8-6-19)29-11-13-33-14-12-29/h1-10,15,27H,11-14,16H2,(H,28,30). The average molecular weight is 520 g/mol. The molecule has 4 rings (SSSR count). The number of carbonyl (C=O) groups excluding carboxylic acids is 1. The summed E-state index contributed by atoms with van der Waals surface area (Å²) in [6, 6.07) is 18.5. The summed E-state index contributed by atoms with van der Waals surface area (Å²) in [5.41, 5.74) is 2.96. The molecule has 1 heterocycles. The van der Waals surface area contributed by atoms with Gasteiger partial charge in [0.05, 0.1) is 28.2 Å². The largest absolute Gasteiger partial charge is 0.378 e. The van der Waals surface area contributed by atoms with Crippen LogP contribution < -0.4 is 14.9 Å². The Kier molecular flexibility index (Phi) is 7.75. The van der Waals surface area contributed by atoms with E-state index in [1.165, 1.54) is 18.2 Å². The molecule has 0 spiro atoms. The molecular formula is C24H23Cl2N3O4S. The summed E-state index contributed by atoms with van der Waals surface area (Å²) >= 11 is 11.8. The third-order valence-corrected chi connectivity index (χ3v) is 7.52. The Balaban J connectivity index is 1.33. The molecule has 0 unspecified atom stereocenters. The van der Waals surface area contributed by atoms with Gasteiger partial charge in [0.15, 0.2) is 0 Å². The Hall–Kier alpha value is -2.62. The zero-order chi connectivity index (χ0) is 24.1. The fourth-order valence-electron chi connectivity index (χ4n) is 3.46. The molecule has 1 fully saturated rings. The van der Waals surface area contributed by atoms with Crippen LogP contribution in [0.2, 0.25) is 10.0 Å². The van der Waals surface area contributed by atoms with Crippen molar-refractivity contribution in [2.45, 2.75) is 11.4 Å². The fourth-order valence-corrected chi connectivity index (χ4v) is 4.87. The first-order valence-electron chi connectivity index (χ1n) is 10.6. The molecule has 0 saturated carbocycles. The van der Waals surface area contributed by atoms with E-state index >= 15 is 0 Å². The molecule has 1 saturated heterocycles. The molecule has 0 aliphatic carbocycles. The van der Waals surface area contributed by atoms with Crippen molar-refractivity contribution in [2.75, 3.05) is 36.5 Å². The van der Waals surface area contributed by atoms with E-state index in [0.29, 0.717) is 30.0 Å². The van der Waals surface area contributed by atoms with E-state index in [0.717, 1.165) is 18.8 Å². The minimum atomic E-state index is -3.76. The first kappa shape index (κ1) is 24.5. The number of hydrogen-bond acceptors (Lipinski definition) is 5. The first-order chi connectivity index (χ1) is 16.3. The van der Waals surface area contributed by atoms with Gasteiger partial charge in [0, 0.05) is 36.6 Å². The third-order valence-electron chi connectivity index (χ3n) is 5.39. The highest BCUT2D eigenvalue weighted by molar-refractivity contribution is 7.89. The number of sulfonamides is 1. The monoisotopic (exact) mass is 519 g/mol. The maximum Gasteiger partial charge on any atom is 0.255 e. The van der Waals surface area contributed by atoms with E-state index < -0.39 is 10.0 Å². The maximum absolute atomic E-state index is 12.6. The molecule has 1 aliphatic rings. The molecular weight excluding hydrogens is 497 g/mol. The highest BCUT2D eigenvalue weighted by Crippen LogP contribution is 2.25. The highest BCUT2D eigenvalue weighted by atomic mass is 35.5. The lowest BCUT2D eigenvalue weighted by Gasteiger charge is -2.28. The van der Waals surface area contributed by atoms with E-state index in [1.807, 2.05) is 24.3 Å². The van der Waals surface area contributed by atoms with Crippen LogP contribution in [0, 0.1) is 0 Å². The number of amides is 1. The lowest BCUT2D eigenvalue weighted by Crippen LogP contribution is -2.36. The molecule has 34 heavy (non-hydrogen) atoms. The van der Waals surface area contributed by atoms with Crippen LogP contribution in [-0.2, 0) is 21.3 Å². The Labute approximate surface area is 208 Å². The second-order valence-corrected chi connectivity index (χ2v) is 10.3. The summed E-state index contributed by atoms with van der Waals surface area (Å²) in [6.45, 7) is 3.19. The van der Waals surface area contributed by atoms with E-state index in [4.69, 9.17) is 27.9 Å². The number of carbonyl (C=O) groups is 1. The van der Waals surface area contributed by atoms with Crippen molar-refractivity contribution in [3.63, 3.8) is 0 Å². The number of anilines is 2. The van der Waals surface area contributed by atoms with Crippen LogP contribution in [0.15, 0.2) is 71.6 Å². The van der Waals surface area contributed by atoms with E-state index in [2.05, 4.69) is 14.9 Å². The fraction of sp³-hybridized carbons (Fsp3) is 0.208. The summed E-state index contributed by atoms with van der Waals surface area (Å²) in [7, 11) is -3.76. The lowest BCUT2D eigenvalue weighted by atomic mass is 10.1. The van der Waals surface area contributed by atoms with Crippen LogP contribution in [0.4, 0.5) is 11.4 Å². The summed E-state index contributed by atoms with van der Waals surface area (Å²) < 4.78 is 32.9. The molecule has 1 aliphatic heterocycles. The van der Waals surface area contributed by atoms with Crippen LogP contribution >= 0.6 is 23.2 Å². The van der Waals surface area contributed by atoms with Crippen molar-refractivity contribution in [1.82, 2.24) is 4.72 Å². The molecule has 7 nitrogen and oxygen atoms in total. The van der Waals surface area contributed by atoms with Crippen LogP contribution in [-0.4, -0.2) is 40.6 Å². The van der Waals surface area contributed by atoms with Gasteiger partial charge in [-0.3, -0.25) is 4.79 Å². The van der Waals surface area contributed by atoms with E-state index in [-0.39, 0.29) is 27.4 Å². The molecule has 0 aromatic heterocycles. The average Bonchev–Trinajstić information content (AvgIpc) is 2.86. The zero-order valence-corrected chi connectivity index (χ0v) is 20.5. The lowest BCUT2D eigenvalue weighted by molar-refractivity contribution is 0.102. The quantitative estimate of drug-likeness (QED) is 0.477. The number of benzene rings is 3. The van der Waals surface area contributed by atoms with Gasteiger partial charge >= 0.3 is 0 Å². The van der Waals surface area contributed by atoms with Gasteiger partial charge < -0.3 is 15.0 Å². The van der Waals surface area contributed by atoms with Crippen molar-refractivity contribution in [1.29, 1.82) is 0 Å². The molecule has 178 valence electrons. The zero-order valence-electron chi connectivity index (χ0n) is 18.1. The molecule has 1 amide bonds. The molecule has 3 aromatic rings. The summed E-state index contributed by atoms with van der Waals surface area (Å²) in [5, 5.41) is 3.32. The minimum Gasteiger partial charge on any atom is -0.378 e. The van der Waals surface area contributed by atoms with Gasteiger partial charge in [-0.1, -0.05) is 35.3 Å². The van der Waals surface area contributed by atoms with E-state index in [9.17, 15) is 13.2 Å². The molecule has 2 N–H and O–H groups in total. The van der Waals surface area contributed by atoms with E-state index in [1.54, 1.807) is 24.3 Å². The van der Waals surface area contributed by atoms with Gasteiger partial charge in [-0.2, -0.15) is 0 Å². The number of ether oxygens (including phenoxy) is 1. The molecule has 3 aromatic carbocycles. The van der Waals surface area contributed by atoms with Crippen LogP contribution in [0.25, 0.3) is 0 Å². The second-order valence-electron chi connectivity index (χ2n) is 7.70. The van der Waals surface area contributed by atoms with Gasteiger partial charge in [0.25, 0.3) is 5.91 Å². The number of nitrogens with one attached hydrogen (secondary N) is 2. The Morgan fingerprint density at radius 1 is 0.912 bits per heavy atom. The highest BCUT2D eigenvalue weighted by Gasteiger charge is 2.16. The topological polar surface area (TPSA) is 87.7 Å². The van der Waals surface area contributed by atoms with Crippen molar-refractivity contribution < 1.29 is 17.9 Å². The predicted molar refractivity (Wildman–Crippen MR) is 134 cm³/mol. The van der Waals surface area contributed by atoms with Gasteiger partial charge in [-0.15, -0.1) is 0 Å². The number of halogens is 2. The van der Waals surface area contributed by atoms with Crippen molar-refractivity contribution >= 4 is 50.5 Å². The smallest absolute Gasteiger partial charge is 0.255 e. The van der Waals surface area contributed by atoms with Crippen molar-refractivity contribution in [2.24, 2.45) is 0 Å². The number of rotatable bonds is 7. The van der Waals surface area contributed by atoms with Crippen LogP contribution in [0.3, 0.4) is 0 Å². The SMILES string of the molecule is O=C(Nc1ccc(N2CCOCC2)cc1)c1ccc(CNS(=O)(=O)c2ccc(Cl)c(Cl)c2)cc1. The Bertz CT molecular complexity index is 1260. The summed E-state index contributed by atoms with van der Waals surface area (Å²) in [6.07, 6.45) is 0.